The largest absolute Gasteiger partial charge is 0.379 e. The van der Waals surface area contributed by atoms with E-state index in [9.17, 15) is 17.2 Å². The molecule has 7 heteroatoms. The summed E-state index contributed by atoms with van der Waals surface area (Å²) in [4.78, 5) is -0.117. The Hall–Kier alpha value is -1.99. The quantitative estimate of drug-likeness (QED) is 0.881. The lowest BCUT2D eigenvalue weighted by Gasteiger charge is -2.09. The molecule has 4 nitrogen and oxygen atoms in total. The lowest BCUT2D eigenvalue weighted by Crippen LogP contribution is -2.19. The van der Waals surface area contributed by atoms with Crippen LogP contribution in [-0.2, 0) is 10.0 Å². The molecule has 0 aromatic heterocycles. The standard InChI is InChI=1S/C16H16F2N2O2S/c1-19-23(21,22)12-6-7-15(14(18)8-12)20-16-9-13(16)10-2-4-11(17)5-3-10/h2-8,13,16,19-20H,9H2,1H3/t13-,16+/m0/s1. The molecule has 0 amide bonds. The molecular formula is C16H16F2N2O2S. The minimum absolute atomic E-state index is 0.0571. The molecule has 2 N–H and O–H groups in total. The number of benzene rings is 2. The van der Waals surface area contributed by atoms with E-state index in [0.717, 1.165) is 18.1 Å². The van der Waals surface area contributed by atoms with Gasteiger partial charge < -0.3 is 5.32 Å². The Balaban J connectivity index is 1.71. The van der Waals surface area contributed by atoms with Crippen molar-refractivity contribution in [1.82, 2.24) is 4.72 Å². The normalized spacial score (nSPS) is 20.3. The van der Waals surface area contributed by atoms with Crippen molar-refractivity contribution >= 4 is 15.7 Å². The average Bonchev–Trinajstić information content (AvgIpc) is 3.29. The fourth-order valence-corrected chi connectivity index (χ4v) is 3.27. The summed E-state index contributed by atoms with van der Waals surface area (Å²) in [7, 11) is -2.39. The van der Waals surface area contributed by atoms with Crippen molar-refractivity contribution in [2.24, 2.45) is 0 Å². The first-order valence-corrected chi connectivity index (χ1v) is 8.64. The first-order chi connectivity index (χ1) is 10.9. The summed E-state index contributed by atoms with van der Waals surface area (Å²) < 4.78 is 52.4. The summed E-state index contributed by atoms with van der Waals surface area (Å²) >= 11 is 0. The van der Waals surface area contributed by atoms with Gasteiger partial charge in [0.05, 0.1) is 10.6 Å². The maximum atomic E-state index is 14.1. The number of hydrogen-bond acceptors (Lipinski definition) is 3. The molecule has 0 saturated heterocycles. The molecule has 122 valence electrons. The van der Waals surface area contributed by atoms with E-state index in [0.29, 0.717) is 0 Å². The fourth-order valence-electron chi connectivity index (χ4n) is 2.53. The number of halogens is 2. The topological polar surface area (TPSA) is 58.2 Å². The Morgan fingerprint density at radius 3 is 2.39 bits per heavy atom. The van der Waals surface area contributed by atoms with Crippen molar-refractivity contribution in [3.8, 4) is 0 Å². The van der Waals surface area contributed by atoms with E-state index < -0.39 is 15.8 Å². The van der Waals surface area contributed by atoms with E-state index >= 15 is 0 Å². The van der Waals surface area contributed by atoms with E-state index in [1.54, 1.807) is 12.1 Å². The lowest BCUT2D eigenvalue weighted by molar-refractivity contribution is 0.584. The molecule has 2 aromatic rings. The summed E-state index contributed by atoms with van der Waals surface area (Å²) in [6.45, 7) is 0. The number of hydrogen-bond donors (Lipinski definition) is 2. The third-order valence-corrected chi connectivity index (χ3v) is 5.36. The Morgan fingerprint density at radius 1 is 1.09 bits per heavy atom. The van der Waals surface area contributed by atoms with Gasteiger partial charge in [0, 0.05) is 12.0 Å². The summed E-state index contributed by atoms with van der Waals surface area (Å²) in [6.07, 6.45) is 0.821. The van der Waals surface area contributed by atoms with Gasteiger partial charge >= 0.3 is 0 Å². The van der Waals surface area contributed by atoms with Crippen molar-refractivity contribution in [3.63, 3.8) is 0 Å². The minimum Gasteiger partial charge on any atom is -0.379 e. The molecule has 23 heavy (non-hydrogen) atoms. The Labute approximate surface area is 133 Å². The van der Waals surface area contributed by atoms with E-state index in [1.807, 2.05) is 0 Å². The van der Waals surface area contributed by atoms with Gasteiger partial charge in [0.15, 0.2) is 0 Å². The highest BCUT2D eigenvalue weighted by Gasteiger charge is 2.38. The van der Waals surface area contributed by atoms with Crippen molar-refractivity contribution in [3.05, 3.63) is 59.7 Å². The Kier molecular flexibility index (Phi) is 4.08. The van der Waals surface area contributed by atoms with E-state index in [2.05, 4.69) is 10.0 Å². The van der Waals surface area contributed by atoms with Gasteiger partial charge in [0.25, 0.3) is 0 Å². The highest BCUT2D eigenvalue weighted by atomic mass is 32.2. The van der Waals surface area contributed by atoms with E-state index in [1.165, 1.54) is 31.3 Å². The maximum Gasteiger partial charge on any atom is 0.240 e. The van der Waals surface area contributed by atoms with Crippen LogP contribution in [0.15, 0.2) is 47.4 Å². The molecule has 1 fully saturated rings. The van der Waals surface area contributed by atoms with Gasteiger partial charge in [0.1, 0.15) is 11.6 Å². The number of anilines is 1. The third-order valence-electron chi connectivity index (χ3n) is 3.95. The van der Waals surface area contributed by atoms with Crippen molar-refractivity contribution in [2.75, 3.05) is 12.4 Å². The van der Waals surface area contributed by atoms with Crippen LogP contribution < -0.4 is 10.0 Å². The molecule has 3 rings (SSSR count). The van der Waals surface area contributed by atoms with Gasteiger partial charge in [-0.1, -0.05) is 12.1 Å². The molecule has 1 aliphatic carbocycles. The highest BCUT2D eigenvalue weighted by Crippen LogP contribution is 2.43. The fraction of sp³-hybridized carbons (Fsp3) is 0.250. The van der Waals surface area contributed by atoms with Crippen LogP contribution in [0.5, 0.6) is 0 Å². The second-order valence-electron chi connectivity index (χ2n) is 5.49. The minimum atomic E-state index is -3.66. The van der Waals surface area contributed by atoms with E-state index in [4.69, 9.17) is 0 Å². The van der Waals surface area contributed by atoms with Crippen molar-refractivity contribution in [1.29, 1.82) is 0 Å². The maximum absolute atomic E-state index is 14.1. The van der Waals surface area contributed by atoms with E-state index in [-0.39, 0.29) is 28.4 Å². The highest BCUT2D eigenvalue weighted by molar-refractivity contribution is 7.89. The zero-order valence-electron chi connectivity index (χ0n) is 12.4. The number of sulfonamides is 1. The Bertz CT molecular complexity index is 822. The van der Waals surface area contributed by atoms with Gasteiger partial charge in [0.2, 0.25) is 10.0 Å². The second kappa shape index (κ2) is 5.90. The van der Waals surface area contributed by atoms with Gasteiger partial charge in [-0.05, 0) is 49.4 Å². The van der Waals surface area contributed by atoms with Crippen LogP contribution in [0.2, 0.25) is 0 Å². The van der Waals surface area contributed by atoms with Crippen LogP contribution in [0, 0.1) is 11.6 Å². The van der Waals surface area contributed by atoms with Gasteiger partial charge in [-0.2, -0.15) is 0 Å². The summed E-state index contributed by atoms with van der Waals surface area (Å²) in [5.41, 5.74) is 1.26. The zero-order chi connectivity index (χ0) is 16.6. The predicted molar refractivity (Wildman–Crippen MR) is 83.8 cm³/mol. The monoisotopic (exact) mass is 338 g/mol. The molecule has 0 radical (unpaired) electrons. The van der Waals surface area contributed by atoms with Crippen molar-refractivity contribution in [2.45, 2.75) is 23.3 Å². The molecule has 0 spiro atoms. The predicted octanol–water partition coefficient (Wildman–Crippen LogP) is 2.84. The molecule has 0 unspecified atom stereocenters. The van der Waals surface area contributed by atoms with Gasteiger partial charge in [-0.15, -0.1) is 0 Å². The molecule has 1 aliphatic rings. The zero-order valence-corrected chi connectivity index (χ0v) is 13.2. The van der Waals surface area contributed by atoms with Crippen LogP contribution in [0.25, 0.3) is 0 Å². The number of nitrogens with one attached hydrogen (secondary N) is 2. The smallest absolute Gasteiger partial charge is 0.240 e. The lowest BCUT2D eigenvalue weighted by atomic mass is 10.1. The number of rotatable bonds is 5. The van der Waals surface area contributed by atoms with Gasteiger partial charge in [-0.25, -0.2) is 21.9 Å². The first-order valence-electron chi connectivity index (χ1n) is 7.16. The molecule has 2 aromatic carbocycles. The third kappa shape index (κ3) is 3.35. The Morgan fingerprint density at radius 2 is 1.78 bits per heavy atom. The summed E-state index contributed by atoms with van der Waals surface area (Å²) in [5.74, 6) is -0.701. The first kappa shape index (κ1) is 15.9. The van der Waals surface area contributed by atoms with Crippen LogP contribution in [0.1, 0.15) is 17.9 Å². The summed E-state index contributed by atoms with van der Waals surface area (Å²) in [6, 6.07) is 10.1. The SMILES string of the molecule is CNS(=O)(=O)c1ccc(N[C@@H]2C[C@H]2c2ccc(F)cc2)c(F)c1. The van der Waals surface area contributed by atoms with Crippen LogP contribution in [0.3, 0.4) is 0 Å². The molecule has 0 bridgehead atoms. The summed E-state index contributed by atoms with van der Waals surface area (Å²) in [5, 5.41) is 3.06. The van der Waals surface area contributed by atoms with Gasteiger partial charge in [-0.3, -0.25) is 0 Å². The van der Waals surface area contributed by atoms with Crippen LogP contribution in [0.4, 0.5) is 14.5 Å². The molecule has 2 atom stereocenters. The molecule has 0 heterocycles. The van der Waals surface area contributed by atoms with Crippen molar-refractivity contribution < 1.29 is 17.2 Å². The molecule has 0 aliphatic heterocycles. The van der Waals surface area contributed by atoms with Crippen LogP contribution in [-0.4, -0.2) is 21.5 Å². The average molecular weight is 338 g/mol. The van der Waals surface area contributed by atoms with Crippen LogP contribution >= 0.6 is 0 Å². The second-order valence-corrected chi connectivity index (χ2v) is 7.38. The molecular weight excluding hydrogens is 322 g/mol. The molecule has 1 saturated carbocycles.